The standard InChI is InChI=1S/C13H20N4O/c1-9(18)10-3-6-17(7-4-10)12-8-11(13(14)15)2-5-16-12/h2,5,8-10,18H,3-4,6-7H2,1H3,(H3,14,15). The zero-order valence-corrected chi connectivity index (χ0v) is 10.6. The predicted molar refractivity (Wildman–Crippen MR) is 71.9 cm³/mol. The number of pyridine rings is 1. The van der Waals surface area contributed by atoms with Crippen molar-refractivity contribution in [2.75, 3.05) is 18.0 Å². The van der Waals surface area contributed by atoms with Gasteiger partial charge < -0.3 is 15.7 Å². The van der Waals surface area contributed by atoms with E-state index in [2.05, 4.69) is 9.88 Å². The van der Waals surface area contributed by atoms with Crippen LogP contribution >= 0.6 is 0 Å². The topological polar surface area (TPSA) is 86.2 Å². The summed E-state index contributed by atoms with van der Waals surface area (Å²) in [5, 5.41) is 17.0. The van der Waals surface area contributed by atoms with Crippen LogP contribution in [0.1, 0.15) is 25.3 Å². The van der Waals surface area contributed by atoms with E-state index < -0.39 is 0 Å². The third-order valence-corrected chi connectivity index (χ3v) is 3.60. The van der Waals surface area contributed by atoms with Crippen molar-refractivity contribution in [3.63, 3.8) is 0 Å². The van der Waals surface area contributed by atoms with E-state index in [1.165, 1.54) is 0 Å². The quantitative estimate of drug-likeness (QED) is 0.549. The molecule has 1 aromatic heterocycles. The fourth-order valence-corrected chi connectivity index (χ4v) is 2.37. The smallest absolute Gasteiger partial charge is 0.129 e. The summed E-state index contributed by atoms with van der Waals surface area (Å²) in [4.78, 5) is 6.51. The van der Waals surface area contributed by atoms with Gasteiger partial charge in [-0.2, -0.15) is 0 Å². The minimum atomic E-state index is -0.233. The van der Waals surface area contributed by atoms with Gasteiger partial charge in [-0.15, -0.1) is 0 Å². The summed E-state index contributed by atoms with van der Waals surface area (Å²) >= 11 is 0. The van der Waals surface area contributed by atoms with Gasteiger partial charge in [0.25, 0.3) is 0 Å². The maximum absolute atomic E-state index is 9.57. The van der Waals surface area contributed by atoms with E-state index in [-0.39, 0.29) is 11.9 Å². The number of nitrogen functional groups attached to an aromatic ring is 1. The molecular formula is C13H20N4O. The number of nitrogens with zero attached hydrogens (tertiary/aromatic N) is 2. The average Bonchev–Trinajstić information content (AvgIpc) is 2.39. The summed E-state index contributed by atoms with van der Waals surface area (Å²) in [5.41, 5.74) is 6.18. The molecule has 1 aliphatic rings. The molecule has 0 saturated carbocycles. The number of hydrogen-bond donors (Lipinski definition) is 3. The molecule has 0 aliphatic carbocycles. The maximum atomic E-state index is 9.57. The number of nitrogens with one attached hydrogen (secondary N) is 1. The van der Waals surface area contributed by atoms with Gasteiger partial charge in [-0.25, -0.2) is 4.98 Å². The minimum absolute atomic E-state index is 0.0671. The molecule has 18 heavy (non-hydrogen) atoms. The second-order valence-electron chi connectivity index (χ2n) is 4.88. The molecule has 0 radical (unpaired) electrons. The second-order valence-corrected chi connectivity index (χ2v) is 4.88. The highest BCUT2D eigenvalue weighted by Crippen LogP contribution is 2.24. The normalized spacial score (nSPS) is 18.7. The molecule has 1 atom stereocenters. The summed E-state index contributed by atoms with van der Waals surface area (Å²) in [5.74, 6) is 1.32. The van der Waals surface area contributed by atoms with Crippen molar-refractivity contribution in [1.82, 2.24) is 4.98 Å². The van der Waals surface area contributed by atoms with E-state index in [1.807, 2.05) is 13.0 Å². The largest absolute Gasteiger partial charge is 0.393 e. The Morgan fingerprint density at radius 3 is 2.78 bits per heavy atom. The third kappa shape index (κ3) is 2.79. The van der Waals surface area contributed by atoms with Gasteiger partial charge >= 0.3 is 0 Å². The molecule has 1 saturated heterocycles. The van der Waals surface area contributed by atoms with Gasteiger partial charge in [0.2, 0.25) is 0 Å². The van der Waals surface area contributed by atoms with Gasteiger partial charge in [0.15, 0.2) is 0 Å². The minimum Gasteiger partial charge on any atom is -0.393 e. The van der Waals surface area contributed by atoms with Crippen molar-refractivity contribution >= 4 is 11.7 Å². The highest BCUT2D eigenvalue weighted by molar-refractivity contribution is 5.95. The Kier molecular flexibility index (Phi) is 3.81. The van der Waals surface area contributed by atoms with Gasteiger partial charge in [0, 0.05) is 24.8 Å². The van der Waals surface area contributed by atoms with Crippen LogP contribution < -0.4 is 10.6 Å². The van der Waals surface area contributed by atoms with E-state index in [0.717, 1.165) is 31.7 Å². The van der Waals surface area contributed by atoms with Crippen LogP contribution in [0.15, 0.2) is 18.3 Å². The molecule has 0 spiro atoms. The van der Waals surface area contributed by atoms with Crippen molar-refractivity contribution in [2.24, 2.45) is 11.7 Å². The molecule has 0 aromatic carbocycles. The number of rotatable bonds is 3. The van der Waals surface area contributed by atoms with Crippen LogP contribution in [0.3, 0.4) is 0 Å². The molecule has 4 N–H and O–H groups in total. The SMILES string of the molecule is CC(O)C1CCN(c2cc(C(=N)N)ccn2)CC1. The maximum Gasteiger partial charge on any atom is 0.129 e. The van der Waals surface area contributed by atoms with Crippen molar-refractivity contribution in [2.45, 2.75) is 25.9 Å². The van der Waals surface area contributed by atoms with Crippen molar-refractivity contribution in [1.29, 1.82) is 5.41 Å². The number of nitrogens with two attached hydrogens (primary N) is 1. The first-order valence-electron chi connectivity index (χ1n) is 6.31. The molecule has 2 heterocycles. The zero-order valence-electron chi connectivity index (χ0n) is 10.6. The Bertz CT molecular complexity index is 425. The zero-order chi connectivity index (χ0) is 13.1. The first kappa shape index (κ1) is 12.8. The van der Waals surface area contributed by atoms with Crippen molar-refractivity contribution < 1.29 is 5.11 Å². The van der Waals surface area contributed by atoms with Gasteiger partial charge in [-0.1, -0.05) is 0 Å². The van der Waals surface area contributed by atoms with E-state index in [4.69, 9.17) is 11.1 Å². The molecule has 0 bridgehead atoms. The first-order chi connectivity index (χ1) is 8.58. The lowest BCUT2D eigenvalue weighted by Gasteiger charge is -2.34. The van der Waals surface area contributed by atoms with Gasteiger partial charge in [0.1, 0.15) is 11.7 Å². The van der Waals surface area contributed by atoms with E-state index in [9.17, 15) is 5.11 Å². The molecule has 1 aliphatic heterocycles. The summed E-state index contributed by atoms with van der Waals surface area (Å²) in [6.07, 6.45) is 3.41. The lowest BCUT2D eigenvalue weighted by Crippen LogP contribution is -2.37. The number of aliphatic hydroxyl groups is 1. The van der Waals surface area contributed by atoms with E-state index in [0.29, 0.717) is 11.5 Å². The van der Waals surface area contributed by atoms with Crippen LogP contribution in [-0.2, 0) is 0 Å². The summed E-state index contributed by atoms with van der Waals surface area (Å²) in [6.45, 7) is 3.64. The van der Waals surface area contributed by atoms with Crippen LogP contribution in [-0.4, -0.2) is 35.1 Å². The number of amidine groups is 1. The lowest BCUT2D eigenvalue weighted by molar-refractivity contribution is 0.110. The van der Waals surface area contributed by atoms with Crippen LogP contribution in [0, 0.1) is 11.3 Å². The van der Waals surface area contributed by atoms with Crippen LogP contribution in [0.5, 0.6) is 0 Å². The average molecular weight is 248 g/mol. The Morgan fingerprint density at radius 1 is 1.56 bits per heavy atom. The number of aromatic nitrogens is 1. The molecular weight excluding hydrogens is 228 g/mol. The van der Waals surface area contributed by atoms with Crippen LogP contribution in [0.2, 0.25) is 0 Å². The van der Waals surface area contributed by atoms with Crippen LogP contribution in [0.4, 0.5) is 5.82 Å². The van der Waals surface area contributed by atoms with Gasteiger partial charge in [0.05, 0.1) is 6.10 Å². The summed E-state index contributed by atoms with van der Waals surface area (Å²) < 4.78 is 0. The highest BCUT2D eigenvalue weighted by atomic mass is 16.3. The predicted octanol–water partition coefficient (Wildman–Crippen LogP) is 0.963. The summed E-state index contributed by atoms with van der Waals surface area (Å²) in [7, 11) is 0. The summed E-state index contributed by atoms with van der Waals surface area (Å²) in [6, 6.07) is 3.60. The Labute approximate surface area is 107 Å². The Balaban J connectivity index is 2.05. The molecule has 1 unspecified atom stereocenters. The Hall–Kier alpha value is -1.62. The lowest BCUT2D eigenvalue weighted by atomic mass is 9.92. The number of anilines is 1. The van der Waals surface area contributed by atoms with Gasteiger partial charge in [-0.05, 0) is 37.8 Å². The van der Waals surface area contributed by atoms with Crippen molar-refractivity contribution in [3.05, 3.63) is 23.9 Å². The molecule has 0 amide bonds. The number of hydrogen-bond acceptors (Lipinski definition) is 4. The van der Waals surface area contributed by atoms with Crippen molar-refractivity contribution in [3.8, 4) is 0 Å². The molecule has 1 aromatic rings. The monoisotopic (exact) mass is 248 g/mol. The fraction of sp³-hybridized carbons (Fsp3) is 0.538. The molecule has 2 rings (SSSR count). The Morgan fingerprint density at radius 2 is 2.22 bits per heavy atom. The third-order valence-electron chi connectivity index (χ3n) is 3.60. The first-order valence-corrected chi connectivity index (χ1v) is 6.31. The van der Waals surface area contributed by atoms with E-state index >= 15 is 0 Å². The number of aliphatic hydroxyl groups excluding tert-OH is 1. The molecule has 5 nitrogen and oxygen atoms in total. The fourth-order valence-electron chi connectivity index (χ4n) is 2.37. The van der Waals surface area contributed by atoms with Crippen LogP contribution in [0.25, 0.3) is 0 Å². The second kappa shape index (κ2) is 5.35. The van der Waals surface area contributed by atoms with Gasteiger partial charge in [-0.3, -0.25) is 5.41 Å². The molecule has 98 valence electrons. The highest BCUT2D eigenvalue weighted by Gasteiger charge is 2.23. The van der Waals surface area contributed by atoms with E-state index in [1.54, 1.807) is 12.3 Å². The molecule has 1 fully saturated rings. The molecule has 5 heteroatoms. The number of piperidine rings is 1.